The summed E-state index contributed by atoms with van der Waals surface area (Å²) in [6.07, 6.45) is 1.08. The molecule has 6 nitrogen and oxygen atoms in total. The van der Waals surface area contributed by atoms with E-state index in [1.807, 2.05) is 31.2 Å². The first-order valence-corrected chi connectivity index (χ1v) is 13.2. The Morgan fingerprint density at radius 1 is 0.971 bits per heavy atom. The lowest BCUT2D eigenvalue weighted by atomic mass is 10.1. The standard InChI is InChI=1S/C24H23Cl3N2O4S/c1-16-5-3-4-6-23(16)33-12-11-28-24(30)18-9-7-17(8-10-18)15-29(34(2,31)32)22-14-20(26)19(25)13-21(22)27/h3-10,13-14H,11-12,15H2,1-2H3,(H,28,30). The molecule has 3 aromatic rings. The van der Waals surface area contributed by atoms with Gasteiger partial charge in [0, 0.05) is 5.56 Å². The van der Waals surface area contributed by atoms with Gasteiger partial charge in [-0.25, -0.2) is 8.42 Å². The van der Waals surface area contributed by atoms with Gasteiger partial charge in [0.15, 0.2) is 0 Å². The van der Waals surface area contributed by atoms with E-state index in [0.29, 0.717) is 24.3 Å². The summed E-state index contributed by atoms with van der Waals surface area (Å²) in [5, 5.41) is 3.37. The van der Waals surface area contributed by atoms with Gasteiger partial charge in [-0.3, -0.25) is 9.10 Å². The molecular formula is C24H23Cl3N2O4S. The Kier molecular flexibility index (Phi) is 8.71. The smallest absolute Gasteiger partial charge is 0.251 e. The second-order valence-electron chi connectivity index (χ2n) is 7.55. The van der Waals surface area contributed by atoms with Gasteiger partial charge in [-0.2, -0.15) is 0 Å². The van der Waals surface area contributed by atoms with E-state index in [9.17, 15) is 13.2 Å². The minimum Gasteiger partial charge on any atom is -0.491 e. The molecule has 1 amide bonds. The second-order valence-corrected chi connectivity index (χ2v) is 10.7. The Balaban J connectivity index is 1.64. The lowest BCUT2D eigenvalue weighted by Crippen LogP contribution is -2.30. The fourth-order valence-electron chi connectivity index (χ4n) is 3.16. The van der Waals surface area contributed by atoms with Crippen LogP contribution in [-0.4, -0.2) is 33.7 Å². The van der Waals surface area contributed by atoms with Crippen molar-refractivity contribution < 1.29 is 17.9 Å². The van der Waals surface area contributed by atoms with E-state index in [1.54, 1.807) is 24.3 Å². The van der Waals surface area contributed by atoms with Crippen LogP contribution in [0.25, 0.3) is 0 Å². The SMILES string of the molecule is Cc1ccccc1OCCNC(=O)c1ccc(CN(c2cc(Cl)c(Cl)cc2Cl)S(C)(=O)=O)cc1. The zero-order chi connectivity index (χ0) is 24.9. The van der Waals surface area contributed by atoms with Gasteiger partial charge in [0.2, 0.25) is 10.0 Å². The third-order valence-corrected chi connectivity index (χ3v) is 7.09. The normalized spacial score (nSPS) is 11.2. The maximum Gasteiger partial charge on any atom is 0.251 e. The zero-order valence-corrected chi connectivity index (χ0v) is 21.6. The summed E-state index contributed by atoms with van der Waals surface area (Å²) in [6.45, 7) is 2.63. The van der Waals surface area contributed by atoms with E-state index in [2.05, 4.69) is 5.32 Å². The van der Waals surface area contributed by atoms with E-state index >= 15 is 0 Å². The molecule has 0 saturated carbocycles. The number of benzene rings is 3. The van der Waals surface area contributed by atoms with Gasteiger partial charge in [-0.15, -0.1) is 0 Å². The molecule has 0 aliphatic rings. The second kappa shape index (κ2) is 11.3. The van der Waals surface area contributed by atoms with Crippen molar-refractivity contribution in [3.05, 3.63) is 92.4 Å². The van der Waals surface area contributed by atoms with Crippen LogP contribution in [0, 0.1) is 6.92 Å². The quantitative estimate of drug-likeness (QED) is 0.277. The van der Waals surface area contributed by atoms with Crippen molar-refractivity contribution in [3.63, 3.8) is 0 Å². The summed E-state index contributed by atoms with van der Waals surface area (Å²) < 4.78 is 31.7. The summed E-state index contributed by atoms with van der Waals surface area (Å²) >= 11 is 18.3. The number of halogens is 3. The van der Waals surface area contributed by atoms with Crippen molar-refractivity contribution >= 4 is 56.4 Å². The van der Waals surface area contributed by atoms with Crippen molar-refractivity contribution in [3.8, 4) is 5.75 Å². The molecule has 3 rings (SSSR count). The van der Waals surface area contributed by atoms with Crippen LogP contribution in [0.5, 0.6) is 5.75 Å². The molecular weight excluding hydrogens is 519 g/mol. The molecule has 0 bridgehead atoms. The van der Waals surface area contributed by atoms with Gasteiger partial charge in [0.25, 0.3) is 5.91 Å². The molecule has 0 saturated heterocycles. The molecule has 0 atom stereocenters. The van der Waals surface area contributed by atoms with Crippen LogP contribution in [0.1, 0.15) is 21.5 Å². The summed E-state index contributed by atoms with van der Waals surface area (Å²) in [4.78, 5) is 12.4. The highest BCUT2D eigenvalue weighted by Gasteiger charge is 2.22. The van der Waals surface area contributed by atoms with Crippen molar-refractivity contribution in [1.29, 1.82) is 0 Å². The summed E-state index contributed by atoms with van der Waals surface area (Å²) in [7, 11) is -3.68. The Morgan fingerprint density at radius 3 is 2.26 bits per heavy atom. The predicted octanol–water partition coefficient (Wildman–Crippen LogP) is 5.73. The monoisotopic (exact) mass is 540 g/mol. The van der Waals surface area contributed by atoms with Gasteiger partial charge in [0.1, 0.15) is 12.4 Å². The molecule has 0 spiro atoms. The van der Waals surface area contributed by atoms with Gasteiger partial charge >= 0.3 is 0 Å². The van der Waals surface area contributed by atoms with E-state index in [1.165, 1.54) is 12.1 Å². The van der Waals surface area contributed by atoms with Crippen LogP contribution in [0.4, 0.5) is 5.69 Å². The molecule has 0 unspecified atom stereocenters. The Bertz CT molecular complexity index is 1280. The fraction of sp³-hybridized carbons (Fsp3) is 0.208. The lowest BCUT2D eigenvalue weighted by Gasteiger charge is -2.24. The van der Waals surface area contributed by atoms with E-state index in [0.717, 1.165) is 21.9 Å². The molecule has 0 aliphatic heterocycles. The van der Waals surface area contributed by atoms with E-state index < -0.39 is 10.0 Å². The van der Waals surface area contributed by atoms with Crippen LogP contribution in [-0.2, 0) is 16.6 Å². The lowest BCUT2D eigenvalue weighted by molar-refractivity contribution is 0.0947. The summed E-state index contributed by atoms with van der Waals surface area (Å²) in [5.74, 6) is 0.519. The molecule has 0 heterocycles. The van der Waals surface area contributed by atoms with Crippen molar-refractivity contribution in [2.45, 2.75) is 13.5 Å². The minimum atomic E-state index is -3.68. The number of anilines is 1. The first-order chi connectivity index (χ1) is 16.1. The summed E-state index contributed by atoms with van der Waals surface area (Å²) in [6, 6.07) is 17.1. The first-order valence-electron chi connectivity index (χ1n) is 10.2. The van der Waals surface area contributed by atoms with Crippen LogP contribution in [0.3, 0.4) is 0 Å². The largest absolute Gasteiger partial charge is 0.491 e. The number of carbonyl (C=O) groups is 1. The number of hydrogen-bond acceptors (Lipinski definition) is 4. The molecule has 1 N–H and O–H groups in total. The average molecular weight is 542 g/mol. The number of rotatable bonds is 9. The molecule has 0 aliphatic carbocycles. The molecule has 180 valence electrons. The summed E-state index contributed by atoms with van der Waals surface area (Å²) in [5.41, 5.74) is 2.34. The topological polar surface area (TPSA) is 75.7 Å². The highest BCUT2D eigenvalue weighted by Crippen LogP contribution is 2.36. The third kappa shape index (κ3) is 6.79. The highest BCUT2D eigenvalue weighted by molar-refractivity contribution is 7.92. The number of nitrogens with one attached hydrogen (secondary N) is 1. The number of hydrogen-bond donors (Lipinski definition) is 1. The maximum absolute atomic E-state index is 12.4. The number of carbonyl (C=O) groups excluding carboxylic acids is 1. The third-order valence-electron chi connectivity index (χ3n) is 4.94. The van der Waals surface area contributed by atoms with Crippen molar-refractivity contribution in [2.75, 3.05) is 23.7 Å². The maximum atomic E-state index is 12.4. The van der Waals surface area contributed by atoms with Gasteiger partial charge in [0.05, 0.1) is 40.1 Å². The van der Waals surface area contributed by atoms with Crippen molar-refractivity contribution in [1.82, 2.24) is 5.32 Å². The number of amides is 1. The van der Waals surface area contributed by atoms with Gasteiger partial charge in [-0.1, -0.05) is 65.1 Å². The Labute approximate surface area is 214 Å². The minimum absolute atomic E-state index is 0.00266. The number of para-hydroxylation sites is 1. The Morgan fingerprint density at radius 2 is 1.62 bits per heavy atom. The molecule has 10 heteroatoms. The predicted molar refractivity (Wildman–Crippen MR) is 138 cm³/mol. The molecule has 0 aromatic heterocycles. The van der Waals surface area contributed by atoms with Gasteiger partial charge < -0.3 is 10.1 Å². The Hall–Kier alpha value is -2.45. The van der Waals surface area contributed by atoms with Crippen LogP contribution in [0.2, 0.25) is 15.1 Å². The number of ether oxygens (including phenoxy) is 1. The van der Waals surface area contributed by atoms with E-state index in [4.69, 9.17) is 39.5 Å². The molecule has 0 fully saturated rings. The number of aryl methyl sites for hydroxylation is 1. The molecule has 34 heavy (non-hydrogen) atoms. The molecule has 3 aromatic carbocycles. The number of sulfonamides is 1. The zero-order valence-electron chi connectivity index (χ0n) is 18.5. The molecule has 0 radical (unpaired) electrons. The van der Waals surface area contributed by atoms with Crippen LogP contribution < -0.4 is 14.4 Å². The van der Waals surface area contributed by atoms with Crippen LogP contribution in [0.15, 0.2) is 60.7 Å². The van der Waals surface area contributed by atoms with Gasteiger partial charge in [-0.05, 0) is 48.4 Å². The highest BCUT2D eigenvalue weighted by atomic mass is 35.5. The fourth-order valence-corrected chi connectivity index (χ4v) is 4.74. The van der Waals surface area contributed by atoms with Crippen LogP contribution >= 0.6 is 34.8 Å². The van der Waals surface area contributed by atoms with E-state index in [-0.39, 0.29) is 33.2 Å². The first kappa shape index (κ1) is 26.2. The van der Waals surface area contributed by atoms with Crippen molar-refractivity contribution in [2.24, 2.45) is 0 Å². The average Bonchev–Trinajstić information content (AvgIpc) is 2.78. The number of nitrogens with zero attached hydrogens (tertiary/aromatic N) is 1.